The minimum atomic E-state index is -2.19. The first-order valence-corrected chi connectivity index (χ1v) is 15.4. The summed E-state index contributed by atoms with van der Waals surface area (Å²) in [7, 11) is 0. The summed E-state index contributed by atoms with van der Waals surface area (Å²) < 4.78 is 28.0. The Kier molecular flexibility index (Phi) is 9.61. The molecule has 6 rings (SSSR count). The molecule has 5 atom stereocenters. The van der Waals surface area contributed by atoms with Gasteiger partial charge in [-0.15, -0.1) is 0 Å². The first-order chi connectivity index (χ1) is 25.5. The second kappa shape index (κ2) is 14.1. The second-order valence-corrected chi connectivity index (χ2v) is 11.8. The van der Waals surface area contributed by atoms with E-state index in [1.54, 1.807) is 0 Å². The first kappa shape index (κ1) is 36.7. The van der Waals surface area contributed by atoms with Gasteiger partial charge in [-0.05, 0) is 48.5 Å². The molecule has 11 N–H and O–H groups in total. The van der Waals surface area contributed by atoms with Crippen LogP contribution in [0.5, 0.6) is 57.5 Å². The maximum atomic E-state index is 14.0. The maximum absolute atomic E-state index is 14.0. The van der Waals surface area contributed by atoms with E-state index in [-0.39, 0.29) is 16.9 Å². The molecule has 0 bridgehead atoms. The highest BCUT2D eigenvalue weighted by Crippen LogP contribution is 2.40. The van der Waals surface area contributed by atoms with Crippen LogP contribution in [-0.4, -0.2) is 105 Å². The van der Waals surface area contributed by atoms with E-state index in [2.05, 4.69) is 0 Å². The second-order valence-electron chi connectivity index (χ2n) is 11.8. The van der Waals surface area contributed by atoms with Crippen molar-refractivity contribution < 1.29 is 89.1 Å². The van der Waals surface area contributed by atoms with Crippen LogP contribution in [-0.2, 0) is 14.2 Å². The summed E-state index contributed by atoms with van der Waals surface area (Å²) in [5.74, 6) is -10.8. The Bertz CT molecular complexity index is 2280. The molecule has 282 valence electrons. The monoisotopic (exact) mass is 752 g/mol. The van der Waals surface area contributed by atoms with Crippen molar-refractivity contribution in [1.82, 2.24) is 0 Å². The topological polar surface area (TPSA) is 324 Å². The van der Waals surface area contributed by atoms with E-state index >= 15 is 0 Å². The molecule has 19 nitrogen and oxygen atoms in total. The fourth-order valence-corrected chi connectivity index (χ4v) is 5.43. The standard InChI is InChI=1S/C35H28O19/c36-15-3-1-12(2-4-15)30-31(28(46)24-17(38)9-16(37)10-22(24)51-30)54-35-32(53-34(49)14-7-20(41)26(44)21(42)8-14)29(47)27(45)23(52-35)11-50-33(48)13-5-18(39)25(43)19(40)6-13/h1-10,23,27,29,32,35-45,47H,11H2/t23?,27-,29+,32?,35+/m1/s1. The summed E-state index contributed by atoms with van der Waals surface area (Å²) in [5.41, 5.74) is -2.42. The van der Waals surface area contributed by atoms with Crippen LogP contribution in [0.15, 0.2) is 69.9 Å². The van der Waals surface area contributed by atoms with E-state index in [9.17, 15) is 70.6 Å². The van der Waals surface area contributed by atoms with Gasteiger partial charge in [0.15, 0.2) is 46.4 Å². The number of phenolic OH excluding ortho intramolecular Hbond substituents is 9. The summed E-state index contributed by atoms with van der Waals surface area (Å²) in [6.45, 7) is -0.906. The molecule has 54 heavy (non-hydrogen) atoms. The fourth-order valence-electron chi connectivity index (χ4n) is 5.43. The van der Waals surface area contributed by atoms with Crippen LogP contribution in [0.25, 0.3) is 22.3 Å². The number of carbonyl (C=O) groups excluding carboxylic acids is 2. The molecule has 19 heteroatoms. The number of hydrogen-bond acceptors (Lipinski definition) is 19. The van der Waals surface area contributed by atoms with Crippen LogP contribution in [0.1, 0.15) is 20.7 Å². The van der Waals surface area contributed by atoms with Crippen molar-refractivity contribution in [2.24, 2.45) is 0 Å². The zero-order valence-corrected chi connectivity index (χ0v) is 27.1. The highest BCUT2D eigenvalue weighted by molar-refractivity contribution is 5.92. The van der Waals surface area contributed by atoms with E-state index in [1.165, 1.54) is 24.3 Å². The van der Waals surface area contributed by atoms with Crippen LogP contribution in [0.3, 0.4) is 0 Å². The number of hydrogen-bond donors (Lipinski definition) is 11. The Hall–Kier alpha value is -7.09. The van der Waals surface area contributed by atoms with Crippen LogP contribution in [0, 0.1) is 0 Å². The van der Waals surface area contributed by atoms with Gasteiger partial charge in [0.2, 0.25) is 17.5 Å². The quantitative estimate of drug-likeness (QED) is 0.0794. The predicted octanol–water partition coefficient (Wildman–Crippen LogP) is 1.72. The Morgan fingerprint density at radius 3 is 1.80 bits per heavy atom. The highest BCUT2D eigenvalue weighted by Gasteiger charge is 2.49. The first-order valence-electron chi connectivity index (χ1n) is 15.4. The lowest BCUT2D eigenvalue weighted by molar-refractivity contribution is -0.276. The molecule has 0 spiro atoms. The lowest BCUT2D eigenvalue weighted by Gasteiger charge is -2.41. The lowest BCUT2D eigenvalue weighted by Crippen LogP contribution is -2.61. The van der Waals surface area contributed by atoms with Gasteiger partial charge in [-0.1, -0.05) is 0 Å². The zero-order chi connectivity index (χ0) is 39.2. The maximum Gasteiger partial charge on any atom is 0.339 e. The summed E-state index contributed by atoms with van der Waals surface area (Å²) >= 11 is 0. The number of fused-ring (bicyclic) bond motifs is 1. The molecule has 0 radical (unpaired) electrons. The van der Waals surface area contributed by atoms with E-state index in [1.807, 2.05) is 0 Å². The summed E-state index contributed by atoms with van der Waals surface area (Å²) in [5, 5.41) is 111. The highest BCUT2D eigenvalue weighted by atomic mass is 16.7. The van der Waals surface area contributed by atoms with Crippen LogP contribution in [0.2, 0.25) is 0 Å². The number of phenols is 9. The van der Waals surface area contributed by atoms with E-state index in [0.29, 0.717) is 12.1 Å². The predicted molar refractivity (Wildman–Crippen MR) is 177 cm³/mol. The number of aliphatic hydroxyl groups is 2. The summed E-state index contributed by atoms with van der Waals surface area (Å²) in [4.78, 5) is 40.0. The normalized spacial score (nSPS) is 19.6. The van der Waals surface area contributed by atoms with Crippen LogP contribution in [0.4, 0.5) is 0 Å². The third-order valence-corrected chi connectivity index (χ3v) is 8.16. The molecule has 1 fully saturated rings. The Labute approximate surface area is 300 Å². The van der Waals surface area contributed by atoms with E-state index in [4.69, 9.17) is 23.4 Å². The molecule has 2 unspecified atom stereocenters. The minimum absolute atomic E-state index is 0.0653. The molecule has 0 amide bonds. The smallest absolute Gasteiger partial charge is 0.339 e. The molecule has 4 aromatic carbocycles. The molecule has 1 saturated heterocycles. The van der Waals surface area contributed by atoms with Gasteiger partial charge in [-0.3, -0.25) is 4.79 Å². The molecule has 1 aliphatic rings. The molecule has 5 aromatic rings. The number of esters is 2. The molecule has 0 aliphatic carbocycles. The Morgan fingerprint density at radius 2 is 1.22 bits per heavy atom. The summed E-state index contributed by atoms with van der Waals surface area (Å²) in [6.07, 6.45) is -10.2. The van der Waals surface area contributed by atoms with Gasteiger partial charge in [0.05, 0.1) is 11.1 Å². The van der Waals surface area contributed by atoms with Gasteiger partial charge in [0, 0.05) is 17.7 Å². The SMILES string of the molecule is O=C(OCC1O[C@@H](Oc2c(-c3ccc(O)cc3)oc3cc(O)cc(O)c3c2=O)C(OC(=O)c2cc(O)c(O)c(O)c2)[C@@H](O)[C@@H]1O)c1cc(O)c(O)c(O)c1. The van der Waals surface area contributed by atoms with Gasteiger partial charge in [0.25, 0.3) is 0 Å². The zero-order valence-electron chi connectivity index (χ0n) is 27.1. The van der Waals surface area contributed by atoms with Gasteiger partial charge < -0.3 is 79.5 Å². The Balaban J connectivity index is 1.41. The number of rotatable bonds is 8. The third kappa shape index (κ3) is 6.91. The van der Waals surface area contributed by atoms with Crippen molar-refractivity contribution in [3.63, 3.8) is 0 Å². The van der Waals surface area contributed by atoms with Crippen molar-refractivity contribution in [1.29, 1.82) is 0 Å². The van der Waals surface area contributed by atoms with Crippen molar-refractivity contribution in [3.05, 3.63) is 82.0 Å². The van der Waals surface area contributed by atoms with Gasteiger partial charge in [0.1, 0.15) is 53.1 Å². The van der Waals surface area contributed by atoms with E-state index < -0.39 is 129 Å². The average molecular weight is 753 g/mol. The van der Waals surface area contributed by atoms with Crippen molar-refractivity contribution in [2.45, 2.75) is 30.7 Å². The minimum Gasteiger partial charge on any atom is -0.508 e. The van der Waals surface area contributed by atoms with Gasteiger partial charge >= 0.3 is 11.9 Å². The van der Waals surface area contributed by atoms with Gasteiger partial charge in [-0.25, -0.2) is 9.59 Å². The number of aromatic hydroxyl groups is 9. The molecule has 1 aromatic heterocycles. The van der Waals surface area contributed by atoms with E-state index in [0.717, 1.165) is 24.3 Å². The van der Waals surface area contributed by atoms with Crippen molar-refractivity contribution >= 4 is 22.9 Å². The number of carbonyl (C=O) groups is 2. The Morgan fingerprint density at radius 1 is 0.667 bits per heavy atom. The largest absolute Gasteiger partial charge is 0.508 e. The van der Waals surface area contributed by atoms with Crippen molar-refractivity contribution in [2.75, 3.05) is 6.61 Å². The fraction of sp³-hybridized carbons (Fsp3) is 0.171. The summed E-state index contributed by atoms with van der Waals surface area (Å²) in [6, 6.07) is 9.73. The third-order valence-electron chi connectivity index (χ3n) is 8.16. The number of ether oxygens (including phenoxy) is 4. The van der Waals surface area contributed by atoms with Crippen LogP contribution >= 0.6 is 0 Å². The number of aliphatic hydroxyl groups excluding tert-OH is 2. The average Bonchev–Trinajstić information content (AvgIpc) is 3.12. The molecule has 0 saturated carbocycles. The molecule has 1 aliphatic heterocycles. The molecule has 2 heterocycles. The molecular weight excluding hydrogens is 724 g/mol. The number of benzene rings is 4. The molecular formula is C35H28O19. The van der Waals surface area contributed by atoms with Crippen molar-refractivity contribution in [3.8, 4) is 68.8 Å². The van der Waals surface area contributed by atoms with Crippen LogP contribution < -0.4 is 10.2 Å². The lowest BCUT2D eigenvalue weighted by atomic mass is 9.98. The van der Waals surface area contributed by atoms with Gasteiger partial charge in [-0.2, -0.15) is 0 Å².